The van der Waals surface area contributed by atoms with Gasteiger partial charge in [0.1, 0.15) is 11.6 Å². The van der Waals surface area contributed by atoms with E-state index in [9.17, 15) is 4.79 Å². The van der Waals surface area contributed by atoms with Gasteiger partial charge in [-0.2, -0.15) is 0 Å². The molecule has 1 aromatic heterocycles. The number of carbonyl (C=O) groups is 1. The molecule has 162 valence electrons. The summed E-state index contributed by atoms with van der Waals surface area (Å²) in [5.74, 6) is 1.62. The second-order valence-corrected chi connectivity index (χ2v) is 8.66. The quantitative estimate of drug-likeness (QED) is 0.403. The zero-order valence-electron chi connectivity index (χ0n) is 18.1. The van der Waals surface area contributed by atoms with Gasteiger partial charge >= 0.3 is 0 Å². The number of ether oxygens (including phenoxy) is 1. The second-order valence-electron chi connectivity index (χ2n) is 8.26. The van der Waals surface area contributed by atoms with Crippen molar-refractivity contribution in [1.29, 1.82) is 0 Å². The molecule has 1 aliphatic rings. The number of anilines is 1. The Morgan fingerprint density at radius 1 is 1.09 bits per heavy atom. The molecular formula is C26H24ClN3O2. The van der Waals surface area contributed by atoms with E-state index in [2.05, 4.69) is 41.8 Å². The van der Waals surface area contributed by atoms with Crippen molar-refractivity contribution in [3.8, 4) is 5.75 Å². The van der Waals surface area contributed by atoms with Gasteiger partial charge in [-0.15, -0.1) is 0 Å². The normalized spacial score (nSPS) is 16.2. The van der Waals surface area contributed by atoms with Crippen molar-refractivity contribution >= 4 is 34.2 Å². The number of carbonyl (C=O) groups excluding carboxylic acids is 1. The third-order valence-electron chi connectivity index (χ3n) is 6.04. The lowest BCUT2D eigenvalue weighted by Crippen LogP contribution is -2.25. The van der Waals surface area contributed by atoms with Crippen LogP contribution in [0.4, 0.5) is 5.69 Å². The lowest BCUT2D eigenvalue weighted by atomic mass is 10.1. The molecule has 1 amide bonds. The Morgan fingerprint density at radius 2 is 1.94 bits per heavy atom. The van der Waals surface area contributed by atoms with Gasteiger partial charge in [-0.1, -0.05) is 53.6 Å². The average molecular weight is 446 g/mol. The highest BCUT2D eigenvalue weighted by Gasteiger charge is 2.35. The molecule has 1 saturated heterocycles. The zero-order valence-corrected chi connectivity index (χ0v) is 18.8. The Hall–Kier alpha value is -3.31. The van der Waals surface area contributed by atoms with Crippen LogP contribution in [0.15, 0.2) is 66.7 Å². The van der Waals surface area contributed by atoms with Crippen LogP contribution in [0.25, 0.3) is 11.0 Å². The summed E-state index contributed by atoms with van der Waals surface area (Å²) >= 11 is 6.44. The van der Waals surface area contributed by atoms with Crippen molar-refractivity contribution in [2.45, 2.75) is 25.8 Å². The van der Waals surface area contributed by atoms with Crippen LogP contribution in [-0.2, 0) is 11.3 Å². The molecule has 6 heteroatoms. The molecule has 1 aliphatic heterocycles. The number of amides is 1. The third kappa shape index (κ3) is 3.73. The lowest BCUT2D eigenvalue weighted by Gasteiger charge is -2.19. The van der Waals surface area contributed by atoms with E-state index >= 15 is 0 Å². The summed E-state index contributed by atoms with van der Waals surface area (Å²) in [5, 5.41) is 0.535. The minimum Gasteiger partial charge on any atom is -0.497 e. The maximum atomic E-state index is 13.0. The molecular weight excluding hydrogens is 422 g/mol. The van der Waals surface area contributed by atoms with Crippen molar-refractivity contribution < 1.29 is 9.53 Å². The summed E-state index contributed by atoms with van der Waals surface area (Å²) in [4.78, 5) is 19.7. The minimum absolute atomic E-state index is 0.0259. The number of hydrogen-bond acceptors (Lipinski definition) is 3. The molecule has 0 N–H and O–H groups in total. The summed E-state index contributed by atoms with van der Waals surface area (Å²) in [7, 11) is 1.61. The first-order chi connectivity index (χ1) is 15.5. The fraction of sp³-hybridized carbons (Fsp3) is 0.231. The molecule has 2 heterocycles. The van der Waals surface area contributed by atoms with Crippen LogP contribution in [0.3, 0.4) is 0 Å². The first kappa shape index (κ1) is 20.6. The second kappa shape index (κ2) is 8.32. The number of aryl methyl sites for hydroxylation is 1. The topological polar surface area (TPSA) is 47.4 Å². The molecule has 1 atom stereocenters. The summed E-state index contributed by atoms with van der Waals surface area (Å²) in [6, 6.07) is 22.0. The summed E-state index contributed by atoms with van der Waals surface area (Å²) in [5.41, 5.74) is 5.14. The van der Waals surface area contributed by atoms with E-state index in [0.717, 1.165) is 16.9 Å². The van der Waals surface area contributed by atoms with E-state index in [0.29, 0.717) is 36.0 Å². The number of nitrogens with zero attached hydrogens (tertiary/aromatic N) is 3. The van der Waals surface area contributed by atoms with Gasteiger partial charge in [0, 0.05) is 31.5 Å². The molecule has 0 saturated carbocycles. The van der Waals surface area contributed by atoms with Gasteiger partial charge in [0.2, 0.25) is 5.91 Å². The average Bonchev–Trinajstić information content (AvgIpc) is 3.35. The largest absolute Gasteiger partial charge is 0.497 e. The first-order valence-electron chi connectivity index (χ1n) is 10.7. The predicted octanol–water partition coefficient (Wildman–Crippen LogP) is 5.58. The Labute approximate surface area is 192 Å². The van der Waals surface area contributed by atoms with Gasteiger partial charge in [-0.25, -0.2) is 4.98 Å². The molecule has 32 heavy (non-hydrogen) atoms. The number of benzene rings is 3. The van der Waals surface area contributed by atoms with Crippen LogP contribution < -0.4 is 9.64 Å². The molecule has 0 aliphatic carbocycles. The first-order valence-corrected chi connectivity index (χ1v) is 11.1. The number of aromatic nitrogens is 2. The van der Waals surface area contributed by atoms with Gasteiger partial charge in [-0.3, -0.25) is 4.79 Å². The maximum Gasteiger partial charge on any atom is 0.227 e. The van der Waals surface area contributed by atoms with Gasteiger partial charge in [0.25, 0.3) is 0 Å². The fourth-order valence-electron chi connectivity index (χ4n) is 4.50. The van der Waals surface area contributed by atoms with E-state index in [1.165, 1.54) is 11.1 Å². The maximum absolute atomic E-state index is 13.0. The van der Waals surface area contributed by atoms with E-state index in [4.69, 9.17) is 21.3 Å². The molecule has 0 bridgehead atoms. The number of halogens is 1. The van der Waals surface area contributed by atoms with Gasteiger partial charge in [0.05, 0.1) is 28.9 Å². The molecule has 5 nitrogen and oxygen atoms in total. The Kier molecular flexibility index (Phi) is 5.35. The van der Waals surface area contributed by atoms with Crippen LogP contribution >= 0.6 is 11.6 Å². The third-order valence-corrected chi connectivity index (χ3v) is 6.36. The molecule has 4 aromatic rings. The lowest BCUT2D eigenvalue weighted by molar-refractivity contribution is -0.117. The molecule has 1 unspecified atom stereocenters. The van der Waals surface area contributed by atoms with Crippen molar-refractivity contribution in [3.05, 3.63) is 88.7 Å². The zero-order chi connectivity index (χ0) is 22.2. The van der Waals surface area contributed by atoms with E-state index in [1.54, 1.807) is 24.1 Å². The number of hydrogen-bond donors (Lipinski definition) is 0. The van der Waals surface area contributed by atoms with Crippen LogP contribution in [0.1, 0.15) is 29.3 Å². The molecule has 5 rings (SSSR count). The van der Waals surface area contributed by atoms with E-state index < -0.39 is 0 Å². The highest BCUT2D eigenvalue weighted by molar-refractivity contribution is 6.34. The van der Waals surface area contributed by atoms with Crippen molar-refractivity contribution in [2.24, 2.45) is 0 Å². The van der Waals surface area contributed by atoms with Crippen molar-refractivity contribution in [3.63, 3.8) is 0 Å². The fourth-order valence-corrected chi connectivity index (χ4v) is 4.72. The highest BCUT2D eigenvalue weighted by atomic mass is 35.5. The summed E-state index contributed by atoms with van der Waals surface area (Å²) in [6.07, 6.45) is 0.394. The van der Waals surface area contributed by atoms with Crippen molar-refractivity contribution in [1.82, 2.24) is 9.55 Å². The molecule has 0 spiro atoms. The number of fused-ring (bicyclic) bond motifs is 1. The van der Waals surface area contributed by atoms with Gasteiger partial charge < -0.3 is 14.2 Å². The molecule has 3 aromatic carbocycles. The number of imidazole rings is 1. The van der Waals surface area contributed by atoms with E-state index in [-0.39, 0.29) is 11.8 Å². The Balaban J connectivity index is 1.53. The molecule has 1 fully saturated rings. The summed E-state index contributed by atoms with van der Waals surface area (Å²) < 4.78 is 7.59. The van der Waals surface area contributed by atoms with Gasteiger partial charge in [-0.05, 0) is 36.8 Å². The van der Waals surface area contributed by atoms with Gasteiger partial charge in [0.15, 0.2) is 0 Å². The standard InChI is InChI=1S/C26H24ClN3O2/c1-17-6-5-7-18(12-17)15-30-23-9-4-3-8-22(23)28-26(30)19-13-25(31)29(16-19)24-14-20(32-2)10-11-21(24)27/h3-12,14,19H,13,15-16H2,1-2H3. The van der Waals surface area contributed by atoms with E-state index in [1.807, 2.05) is 24.3 Å². The molecule has 0 radical (unpaired) electrons. The Bertz CT molecular complexity index is 1310. The number of rotatable bonds is 5. The van der Waals surface area contributed by atoms with Crippen LogP contribution in [0, 0.1) is 6.92 Å². The van der Waals surface area contributed by atoms with Crippen LogP contribution in [0.5, 0.6) is 5.75 Å². The van der Waals surface area contributed by atoms with Crippen LogP contribution in [0.2, 0.25) is 5.02 Å². The predicted molar refractivity (Wildman–Crippen MR) is 128 cm³/mol. The van der Waals surface area contributed by atoms with Crippen molar-refractivity contribution in [2.75, 3.05) is 18.6 Å². The smallest absolute Gasteiger partial charge is 0.227 e. The number of para-hydroxylation sites is 2. The number of methoxy groups -OCH3 is 1. The monoisotopic (exact) mass is 445 g/mol. The SMILES string of the molecule is COc1ccc(Cl)c(N2CC(c3nc4ccccc4n3Cc3cccc(C)c3)CC2=O)c1. The highest BCUT2D eigenvalue weighted by Crippen LogP contribution is 2.38. The Morgan fingerprint density at radius 3 is 2.75 bits per heavy atom. The van der Waals surface area contributed by atoms with Crippen LogP contribution in [-0.4, -0.2) is 29.1 Å². The minimum atomic E-state index is -0.0259. The summed E-state index contributed by atoms with van der Waals surface area (Å²) in [6.45, 7) is 3.34.